The van der Waals surface area contributed by atoms with Gasteiger partial charge in [0.2, 0.25) is 0 Å². The molecule has 0 aliphatic rings. The minimum atomic E-state index is -2.77. The number of pyridine rings is 1. The lowest BCUT2D eigenvalue weighted by atomic mass is 10.2. The molecule has 1 heterocycles. The maximum absolute atomic E-state index is 12.5. The topological polar surface area (TPSA) is 59.4 Å². The molecule has 1 N–H and O–H groups in total. The molecule has 1 rings (SSSR count). The Morgan fingerprint density at radius 3 is 2.75 bits per heavy atom. The summed E-state index contributed by atoms with van der Waals surface area (Å²) in [5.41, 5.74) is -0.509. The van der Waals surface area contributed by atoms with Gasteiger partial charge in [-0.25, -0.2) is 13.8 Å². The molecule has 0 bridgehead atoms. The van der Waals surface area contributed by atoms with E-state index >= 15 is 0 Å². The Morgan fingerprint density at radius 1 is 1.69 bits per heavy atom. The molecular formula is C9H8BrF2NO3. The van der Waals surface area contributed by atoms with Crippen LogP contribution in [0, 0.1) is 0 Å². The molecule has 16 heavy (non-hydrogen) atoms. The number of alkyl halides is 2. The van der Waals surface area contributed by atoms with Crippen molar-refractivity contribution in [3.8, 4) is 5.75 Å². The van der Waals surface area contributed by atoms with Gasteiger partial charge in [0.1, 0.15) is 11.4 Å². The molecule has 0 aliphatic heterocycles. The van der Waals surface area contributed by atoms with Crippen molar-refractivity contribution in [3.63, 3.8) is 0 Å². The van der Waals surface area contributed by atoms with Crippen molar-refractivity contribution in [3.05, 3.63) is 21.9 Å². The second kappa shape index (κ2) is 5.20. The largest absolute Gasteiger partial charge is 0.495 e. The summed E-state index contributed by atoms with van der Waals surface area (Å²) in [6.07, 6.45) is -3.23. The van der Waals surface area contributed by atoms with Crippen molar-refractivity contribution in [2.75, 3.05) is 7.11 Å². The highest BCUT2D eigenvalue weighted by atomic mass is 79.9. The van der Waals surface area contributed by atoms with Crippen molar-refractivity contribution in [2.24, 2.45) is 0 Å². The van der Waals surface area contributed by atoms with Gasteiger partial charge in [0.25, 0.3) is 6.43 Å². The van der Waals surface area contributed by atoms with Gasteiger partial charge in [-0.05, 0) is 22.0 Å². The Morgan fingerprint density at radius 2 is 2.31 bits per heavy atom. The quantitative estimate of drug-likeness (QED) is 0.927. The summed E-state index contributed by atoms with van der Waals surface area (Å²) in [7, 11) is 1.32. The van der Waals surface area contributed by atoms with E-state index in [0.717, 1.165) is 0 Å². The Kier molecular flexibility index (Phi) is 4.17. The highest BCUT2D eigenvalue weighted by Crippen LogP contribution is 2.30. The summed E-state index contributed by atoms with van der Waals surface area (Å²) in [6, 6.07) is 1.28. The maximum Gasteiger partial charge on any atom is 0.309 e. The molecule has 0 fully saturated rings. The smallest absolute Gasteiger partial charge is 0.309 e. The average Bonchev–Trinajstić information content (AvgIpc) is 2.18. The monoisotopic (exact) mass is 295 g/mol. The van der Waals surface area contributed by atoms with Crippen molar-refractivity contribution < 1.29 is 23.4 Å². The number of halogens is 3. The van der Waals surface area contributed by atoms with E-state index in [9.17, 15) is 13.6 Å². The maximum atomic E-state index is 12.5. The minimum Gasteiger partial charge on any atom is -0.495 e. The van der Waals surface area contributed by atoms with Gasteiger partial charge >= 0.3 is 5.97 Å². The van der Waals surface area contributed by atoms with E-state index in [1.54, 1.807) is 0 Å². The van der Waals surface area contributed by atoms with E-state index in [2.05, 4.69) is 20.9 Å². The third kappa shape index (κ3) is 2.88. The molecule has 0 radical (unpaired) electrons. The van der Waals surface area contributed by atoms with Gasteiger partial charge in [0.05, 0.1) is 19.2 Å². The lowest BCUT2D eigenvalue weighted by Gasteiger charge is -2.10. The van der Waals surface area contributed by atoms with Gasteiger partial charge in [-0.15, -0.1) is 0 Å². The first-order valence-corrected chi connectivity index (χ1v) is 4.98. The Bertz CT molecular complexity index is 412. The van der Waals surface area contributed by atoms with E-state index in [4.69, 9.17) is 9.84 Å². The second-order valence-corrected chi connectivity index (χ2v) is 3.73. The minimum absolute atomic E-state index is 0.0199. The third-order valence-electron chi connectivity index (χ3n) is 1.79. The number of nitrogens with zero attached hydrogens (tertiary/aromatic N) is 1. The Hall–Kier alpha value is -1.24. The van der Waals surface area contributed by atoms with Crippen LogP contribution in [-0.4, -0.2) is 23.2 Å². The number of rotatable bonds is 4. The van der Waals surface area contributed by atoms with Crippen molar-refractivity contribution >= 4 is 21.9 Å². The zero-order valence-electron chi connectivity index (χ0n) is 8.21. The number of aliphatic carboxylic acids is 1. The van der Waals surface area contributed by atoms with Crippen molar-refractivity contribution in [1.29, 1.82) is 0 Å². The molecule has 0 atom stereocenters. The molecule has 0 unspecified atom stereocenters. The fourth-order valence-corrected chi connectivity index (χ4v) is 1.60. The van der Waals surface area contributed by atoms with Crippen LogP contribution in [-0.2, 0) is 11.2 Å². The summed E-state index contributed by atoms with van der Waals surface area (Å²) in [5.74, 6) is -0.994. The molecule has 4 nitrogen and oxygen atoms in total. The van der Waals surface area contributed by atoms with E-state index in [1.807, 2.05) is 0 Å². The van der Waals surface area contributed by atoms with Crippen LogP contribution in [0.3, 0.4) is 0 Å². The van der Waals surface area contributed by atoms with Crippen LogP contribution >= 0.6 is 15.9 Å². The number of ether oxygens (including phenoxy) is 1. The van der Waals surface area contributed by atoms with Gasteiger partial charge in [-0.1, -0.05) is 0 Å². The zero-order valence-corrected chi connectivity index (χ0v) is 9.79. The van der Waals surface area contributed by atoms with Gasteiger partial charge in [-0.3, -0.25) is 4.79 Å². The normalized spacial score (nSPS) is 10.6. The number of methoxy groups -OCH3 is 1. The summed E-state index contributed by atoms with van der Waals surface area (Å²) < 4.78 is 30.0. The lowest BCUT2D eigenvalue weighted by molar-refractivity contribution is -0.136. The number of carbonyl (C=O) groups is 1. The number of carboxylic acids is 1. The van der Waals surface area contributed by atoms with Gasteiger partial charge < -0.3 is 9.84 Å². The molecule has 0 spiro atoms. The molecular weight excluding hydrogens is 288 g/mol. The van der Waals surface area contributed by atoms with Crippen molar-refractivity contribution in [1.82, 2.24) is 4.98 Å². The van der Waals surface area contributed by atoms with Crippen LogP contribution in [0.1, 0.15) is 17.8 Å². The van der Waals surface area contributed by atoms with Crippen LogP contribution in [0.5, 0.6) is 5.75 Å². The van der Waals surface area contributed by atoms with E-state index < -0.39 is 24.5 Å². The molecule has 7 heteroatoms. The van der Waals surface area contributed by atoms with Crippen LogP contribution in [0.4, 0.5) is 8.78 Å². The number of hydrogen-bond donors (Lipinski definition) is 1. The SMILES string of the molecule is COc1cc(Br)c(C(F)F)nc1CC(=O)O. The van der Waals surface area contributed by atoms with E-state index in [-0.39, 0.29) is 15.9 Å². The fourth-order valence-electron chi connectivity index (χ4n) is 1.13. The molecule has 1 aromatic rings. The number of carboxylic acid groups (broad SMARTS) is 1. The molecule has 0 saturated carbocycles. The predicted octanol–water partition coefficient (Wildman–Crippen LogP) is 2.42. The third-order valence-corrected chi connectivity index (χ3v) is 2.42. The molecule has 0 saturated heterocycles. The molecule has 0 aliphatic carbocycles. The fraction of sp³-hybridized carbons (Fsp3) is 0.333. The van der Waals surface area contributed by atoms with Gasteiger partial charge in [0.15, 0.2) is 0 Å². The number of aromatic nitrogens is 1. The summed E-state index contributed by atoms with van der Waals surface area (Å²) in [4.78, 5) is 14.1. The zero-order chi connectivity index (χ0) is 12.3. The molecule has 0 aromatic carbocycles. The first kappa shape index (κ1) is 12.8. The van der Waals surface area contributed by atoms with E-state index in [1.165, 1.54) is 13.2 Å². The number of hydrogen-bond acceptors (Lipinski definition) is 3. The van der Waals surface area contributed by atoms with Crippen LogP contribution in [0.2, 0.25) is 0 Å². The van der Waals surface area contributed by atoms with Crippen molar-refractivity contribution in [2.45, 2.75) is 12.8 Å². The average molecular weight is 296 g/mol. The lowest BCUT2D eigenvalue weighted by Crippen LogP contribution is -2.07. The summed E-state index contributed by atoms with van der Waals surface area (Å²) >= 11 is 2.92. The second-order valence-electron chi connectivity index (χ2n) is 2.88. The summed E-state index contributed by atoms with van der Waals surface area (Å²) in [5, 5.41) is 8.59. The Labute approximate surface area is 98.4 Å². The highest BCUT2D eigenvalue weighted by molar-refractivity contribution is 9.10. The molecule has 88 valence electrons. The molecule has 0 amide bonds. The van der Waals surface area contributed by atoms with Gasteiger partial charge in [0, 0.05) is 4.47 Å². The van der Waals surface area contributed by atoms with Gasteiger partial charge in [-0.2, -0.15) is 0 Å². The standard InChI is InChI=1S/C9H8BrF2NO3/c1-16-6-2-4(10)8(9(11)12)13-5(6)3-7(14)15/h2,9H,3H2,1H3,(H,14,15). The highest BCUT2D eigenvalue weighted by Gasteiger charge is 2.19. The van der Waals surface area contributed by atoms with Crippen LogP contribution in [0.25, 0.3) is 0 Å². The first-order chi connectivity index (χ1) is 7.45. The summed E-state index contributed by atoms with van der Waals surface area (Å²) in [6.45, 7) is 0. The van der Waals surface area contributed by atoms with Crippen LogP contribution < -0.4 is 4.74 Å². The predicted molar refractivity (Wildman–Crippen MR) is 54.8 cm³/mol. The van der Waals surface area contributed by atoms with Crippen LogP contribution in [0.15, 0.2) is 10.5 Å². The van der Waals surface area contributed by atoms with E-state index in [0.29, 0.717) is 0 Å². The molecule has 1 aromatic heterocycles. The first-order valence-electron chi connectivity index (χ1n) is 4.19. The Balaban J connectivity index is 3.22.